The van der Waals surface area contributed by atoms with Crippen LogP contribution in [0.5, 0.6) is 5.75 Å². The molecule has 8 heteroatoms. The molecule has 0 aliphatic carbocycles. The Balaban J connectivity index is 1.60. The molecular weight excluding hydrogens is 462 g/mol. The third kappa shape index (κ3) is 7.31. The number of sulfonamides is 1. The first-order valence-electron chi connectivity index (χ1n) is 11.7. The van der Waals surface area contributed by atoms with Gasteiger partial charge in [-0.2, -0.15) is 0 Å². The highest BCUT2D eigenvalue weighted by molar-refractivity contribution is 7.92. The topological polar surface area (TPSA) is 87.7 Å². The van der Waals surface area contributed by atoms with E-state index in [2.05, 4.69) is 28.8 Å². The molecule has 186 valence electrons. The molecule has 0 fully saturated rings. The Bertz CT molecular complexity index is 1220. The van der Waals surface area contributed by atoms with Crippen LogP contribution in [-0.2, 0) is 16.6 Å². The number of likely N-dealkylation sites (N-methyl/N-ethyl adjacent to an activating group) is 1. The lowest BCUT2D eigenvalue weighted by Gasteiger charge is -2.19. The lowest BCUT2D eigenvalue weighted by molar-refractivity contribution is 0.0950. The zero-order chi connectivity index (χ0) is 25.3. The Morgan fingerprint density at radius 3 is 2.26 bits per heavy atom. The Morgan fingerprint density at radius 1 is 0.914 bits per heavy atom. The highest BCUT2D eigenvalue weighted by Gasteiger charge is 2.16. The summed E-state index contributed by atoms with van der Waals surface area (Å²) in [5.74, 6) is 0.447. The Morgan fingerprint density at radius 2 is 1.57 bits per heavy atom. The van der Waals surface area contributed by atoms with Gasteiger partial charge in [-0.1, -0.05) is 50.2 Å². The summed E-state index contributed by atoms with van der Waals surface area (Å²) in [6.45, 7) is 9.72. The number of carbonyl (C=O) groups is 1. The van der Waals surface area contributed by atoms with E-state index in [1.54, 1.807) is 12.1 Å². The number of rotatable bonds is 12. The van der Waals surface area contributed by atoms with E-state index in [0.29, 0.717) is 24.4 Å². The van der Waals surface area contributed by atoms with Crippen LogP contribution in [-0.4, -0.2) is 45.5 Å². The van der Waals surface area contributed by atoms with E-state index in [1.807, 2.05) is 43.3 Å². The summed E-state index contributed by atoms with van der Waals surface area (Å²) >= 11 is 0. The lowest BCUT2D eigenvalue weighted by Crippen LogP contribution is -2.28. The molecule has 0 aliphatic heterocycles. The minimum Gasteiger partial charge on any atom is -0.492 e. The Kier molecular flexibility index (Phi) is 9.28. The van der Waals surface area contributed by atoms with E-state index in [9.17, 15) is 13.2 Å². The normalized spacial score (nSPS) is 11.3. The standard InChI is InChI=1S/C27H33N3O4S/c1-4-30(5-2)18-19-34-26-13-9-7-11-23(26)20-28-27(31)22-14-16-24(17-15-22)35(32,33)29-25-12-8-6-10-21(25)3/h6-17,29H,4-5,18-20H2,1-3H3,(H,28,31). The number of nitrogens with one attached hydrogen (secondary N) is 2. The van der Waals surface area contributed by atoms with Crippen LogP contribution in [0.15, 0.2) is 77.7 Å². The fourth-order valence-corrected chi connectivity index (χ4v) is 4.70. The molecule has 0 saturated heterocycles. The van der Waals surface area contributed by atoms with Gasteiger partial charge in [-0.15, -0.1) is 0 Å². The highest BCUT2D eigenvalue weighted by atomic mass is 32.2. The second-order valence-corrected chi connectivity index (χ2v) is 9.79. The van der Waals surface area contributed by atoms with Crippen molar-refractivity contribution in [3.63, 3.8) is 0 Å². The summed E-state index contributed by atoms with van der Waals surface area (Å²) in [5.41, 5.74) is 2.60. The van der Waals surface area contributed by atoms with Crippen molar-refractivity contribution in [2.75, 3.05) is 31.0 Å². The van der Waals surface area contributed by atoms with Gasteiger partial charge in [-0.3, -0.25) is 9.52 Å². The molecule has 0 bridgehead atoms. The van der Waals surface area contributed by atoms with Gasteiger partial charge in [0, 0.05) is 24.2 Å². The number of ether oxygens (including phenoxy) is 1. The average Bonchev–Trinajstić information content (AvgIpc) is 2.87. The maximum Gasteiger partial charge on any atom is 0.261 e. The van der Waals surface area contributed by atoms with Crippen LogP contribution >= 0.6 is 0 Å². The van der Waals surface area contributed by atoms with Gasteiger partial charge in [-0.25, -0.2) is 8.42 Å². The van der Waals surface area contributed by atoms with Gasteiger partial charge in [0.2, 0.25) is 0 Å². The van der Waals surface area contributed by atoms with Crippen molar-refractivity contribution in [1.29, 1.82) is 0 Å². The zero-order valence-corrected chi connectivity index (χ0v) is 21.3. The van der Waals surface area contributed by atoms with Gasteiger partial charge in [0.1, 0.15) is 12.4 Å². The summed E-state index contributed by atoms with van der Waals surface area (Å²) < 4.78 is 34.0. The lowest BCUT2D eigenvalue weighted by atomic mass is 10.1. The molecule has 0 radical (unpaired) electrons. The third-order valence-corrected chi connectivity index (χ3v) is 7.17. The number of amides is 1. The first-order valence-corrected chi connectivity index (χ1v) is 13.2. The number of benzene rings is 3. The molecule has 0 aromatic heterocycles. The molecule has 0 atom stereocenters. The first-order chi connectivity index (χ1) is 16.8. The van der Waals surface area contributed by atoms with Crippen molar-refractivity contribution in [1.82, 2.24) is 10.2 Å². The van der Waals surface area contributed by atoms with Crippen molar-refractivity contribution in [2.45, 2.75) is 32.2 Å². The molecule has 0 saturated carbocycles. The first kappa shape index (κ1) is 26.2. The van der Waals surface area contributed by atoms with Crippen molar-refractivity contribution < 1.29 is 17.9 Å². The summed E-state index contributed by atoms with van der Waals surface area (Å²) in [7, 11) is -3.76. The van der Waals surface area contributed by atoms with Crippen LogP contribution in [0.25, 0.3) is 0 Å². The Hall–Kier alpha value is -3.36. The third-order valence-electron chi connectivity index (χ3n) is 5.79. The number of nitrogens with zero attached hydrogens (tertiary/aromatic N) is 1. The number of para-hydroxylation sites is 2. The number of aryl methyl sites for hydroxylation is 1. The summed E-state index contributed by atoms with van der Waals surface area (Å²) in [6, 6.07) is 20.7. The van der Waals surface area contributed by atoms with Gasteiger partial charge >= 0.3 is 0 Å². The van der Waals surface area contributed by atoms with Gasteiger partial charge in [-0.05, 0) is 62.0 Å². The average molecular weight is 496 g/mol. The zero-order valence-electron chi connectivity index (χ0n) is 20.5. The van der Waals surface area contributed by atoms with E-state index >= 15 is 0 Å². The molecule has 0 spiro atoms. The molecule has 2 N–H and O–H groups in total. The van der Waals surface area contributed by atoms with Crippen molar-refractivity contribution >= 4 is 21.6 Å². The second-order valence-electron chi connectivity index (χ2n) is 8.11. The molecule has 35 heavy (non-hydrogen) atoms. The van der Waals surface area contributed by atoms with E-state index < -0.39 is 10.0 Å². The molecule has 7 nitrogen and oxygen atoms in total. The molecule has 3 aromatic rings. The maximum atomic E-state index is 12.7. The monoisotopic (exact) mass is 495 g/mol. The van der Waals surface area contributed by atoms with Crippen LogP contribution in [0.4, 0.5) is 5.69 Å². The minimum absolute atomic E-state index is 0.0873. The Labute approximate surface area is 208 Å². The number of hydrogen-bond donors (Lipinski definition) is 2. The predicted octanol–water partition coefficient (Wildman–Crippen LogP) is 4.45. The SMILES string of the molecule is CCN(CC)CCOc1ccccc1CNC(=O)c1ccc(S(=O)(=O)Nc2ccccc2C)cc1. The second kappa shape index (κ2) is 12.4. The van der Waals surface area contributed by atoms with Crippen molar-refractivity contribution in [2.24, 2.45) is 0 Å². The molecule has 0 aliphatic rings. The van der Waals surface area contributed by atoms with Crippen LogP contribution in [0.1, 0.15) is 35.3 Å². The predicted molar refractivity (Wildman–Crippen MR) is 139 cm³/mol. The smallest absolute Gasteiger partial charge is 0.261 e. The van der Waals surface area contributed by atoms with Crippen LogP contribution in [0.3, 0.4) is 0 Å². The molecule has 0 heterocycles. The summed E-state index contributed by atoms with van der Waals surface area (Å²) in [6.07, 6.45) is 0. The fraction of sp³-hybridized carbons (Fsp3) is 0.296. The van der Waals surface area contributed by atoms with Crippen LogP contribution in [0, 0.1) is 6.92 Å². The van der Waals surface area contributed by atoms with E-state index in [-0.39, 0.29) is 10.8 Å². The van der Waals surface area contributed by atoms with Crippen LogP contribution in [0.2, 0.25) is 0 Å². The number of hydrogen-bond acceptors (Lipinski definition) is 5. The molecule has 0 unspecified atom stereocenters. The van der Waals surface area contributed by atoms with Crippen molar-refractivity contribution in [3.05, 3.63) is 89.5 Å². The minimum atomic E-state index is -3.76. The van der Waals surface area contributed by atoms with Gasteiger partial charge in [0.25, 0.3) is 15.9 Å². The highest BCUT2D eigenvalue weighted by Crippen LogP contribution is 2.20. The van der Waals surface area contributed by atoms with Gasteiger partial charge in [0.15, 0.2) is 0 Å². The largest absolute Gasteiger partial charge is 0.492 e. The molecule has 3 aromatic carbocycles. The molecule has 1 amide bonds. The molecule has 3 rings (SSSR count). The van der Waals surface area contributed by atoms with E-state index in [0.717, 1.165) is 36.5 Å². The van der Waals surface area contributed by atoms with Gasteiger partial charge in [0.05, 0.1) is 10.6 Å². The molecular formula is C27H33N3O4S. The van der Waals surface area contributed by atoms with E-state index in [4.69, 9.17) is 4.74 Å². The van der Waals surface area contributed by atoms with Crippen molar-refractivity contribution in [3.8, 4) is 5.75 Å². The van der Waals surface area contributed by atoms with E-state index in [1.165, 1.54) is 24.3 Å². The fourth-order valence-electron chi connectivity index (χ4n) is 3.57. The summed E-state index contributed by atoms with van der Waals surface area (Å²) in [5, 5.41) is 2.89. The quantitative estimate of drug-likeness (QED) is 0.388. The number of anilines is 1. The van der Waals surface area contributed by atoms with Gasteiger partial charge < -0.3 is 15.0 Å². The summed E-state index contributed by atoms with van der Waals surface area (Å²) in [4.78, 5) is 15.1. The maximum absolute atomic E-state index is 12.7. The van der Waals surface area contributed by atoms with Crippen LogP contribution < -0.4 is 14.8 Å². The number of carbonyl (C=O) groups excluding carboxylic acids is 1.